The van der Waals surface area contributed by atoms with Gasteiger partial charge in [-0.2, -0.15) is 0 Å². The summed E-state index contributed by atoms with van der Waals surface area (Å²) in [6.07, 6.45) is 2.19. The Morgan fingerprint density at radius 2 is 2.24 bits per heavy atom. The van der Waals surface area contributed by atoms with Gasteiger partial charge < -0.3 is 14.8 Å². The second kappa shape index (κ2) is 4.31. The van der Waals surface area contributed by atoms with E-state index in [1.165, 1.54) is 11.1 Å². The van der Waals surface area contributed by atoms with Crippen molar-refractivity contribution in [3.63, 3.8) is 0 Å². The fourth-order valence-corrected chi connectivity index (χ4v) is 2.68. The van der Waals surface area contributed by atoms with Crippen LogP contribution in [0.5, 0.6) is 5.75 Å². The van der Waals surface area contributed by atoms with E-state index in [-0.39, 0.29) is 5.41 Å². The Morgan fingerprint density at radius 1 is 1.35 bits per heavy atom. The fraction of sp³-hybridized carbons (Fsp3) is 0.571. The molecule has 17 heavy (non-hydrogen) atoms. The lowest BCUT2D eigenvalue weighted by Crippen LogP contribution is -2.48. The van der Waals surface area contributed by atoms with Gasteiger partial charge in [-0.15, -0.1) is 0 Å². The van der Waals surface area contributed by atoms with Crippen LogP contribution in [-0.2, 0) is 16.6 Å². The SMILES string of the molecule is CNCCC1(c2ccc3c(c2)CCO3)COC1. The van der Waals surface area contributed by atoms with E-state index < -0.39 is 0 Å². The number of nitrogens with one attached hydrogen (secondary N) is 1. The third-order valence-electron chi connectivity index (χ3n) is 3.91. The maximum absolute atomic E-state index is 5.56. The molecule has 0 spiro atoms. The van der Waals surface area contributed by atoms with Crippen molar-refractivity contribution < 1.29 is 9.47 Å². The van der Waals surface area contributed by atoms with Gasteiger partial charge in [-0.1, -0.05) is 12.1 Å². The molecule has 1 aromatic carbocycles. The molecule has 1 N–H and O–H groups in total. The van der Waals surface area contributed by atoms with Gasteiger partial charge in [-0.25, -0.2) is 0 Å². The van der Waals surface area contributed by atoms with Crippen molar-refractivity contribution in [3.05, 3.63) is 29.3 Å². The summed E-state index contributed by atoms with van der Waals surface area (Å²) in [4.78, 5) is 0. The number of benzene rings is 1. The van der Waals surface area contributed by atoms with Crippen molar-refractivity contribution in [3.8, 4) is 5.75 Å². The van der Waals surface area contributed by atoms with Gasteiger partial charge in [0.1, 0.15) is 5.75 Å². The zero-order valence-electron chi connectivity index (χ0n) is 10.3. The molecule has 0 saturated carbocycles. The van der Waals surface area contributed by atoms with Crippen molar-refractivity contribution in [2.24, 2.45) is 0 Å². The Labute approximate surface area is 102 Å². The summed E-state index contributed by atoms with van der Waals surface area (Å²) in [7, 11) is 2.00. The average molecular weight is 233 g/mol. The molecule has 0 bridgehead atoms. The van der Waals surface area contributed by atoms with Gasteiger partial charge in [0.25, 0.3) is 0 Å². The Kier molecular flexibility index (Phi) is 2.81. The number of hydrogen-bond donors (Lipinski definition) is 1. The van der Waals surface area contributed by atoms with E-state index in [9.17, 15) is 0 Å². The van der Waals surface area contributed by atoms with Crippen LogP contribution in [0.1, 0.15) is 17.5 Å². The molecule has 3 rings (SSSR count). The van der Waals surface area contributed by atoms with E-state index in [4.69, 9.17) is 9.47 Å². The van der Waals surface area contributed by atoms with Crippen LogP contribution in [0.15, 0.2) is 18.2 Å². The van der Waals surface area contributed by atoms with Gasteiger partial charge in [0.05, 0.1) is 19.8 Å². The van der Waals surface area contributed by atoms with Gasteiger partial charge >= 0.3 is 0 Å². The monoisotopic (exact) mass is 233 g/mol. The summed E-state index contributed by atoms with van der Waals surface area (Å²) in [6, 6.07) is 6.65. The topological polar surface area (TPSA) is 30.5 Å². The molecule has 3 heteroatoms. The highest BCUT2D eigenvalue weighted by molar-refractivity contribution is 5.43. The average Bonchev–Trinajstić information content (AvgIpc) is 2.75. The zero-order valence-corrected chi connectivity index (χ0v) is 10.3. The molecule has 1 saturated heterocycles. The van der Waals surface area contributed by atoms with E-state index in [0.29, 0.717) is 0 Å². The highest BCUT2D eigenvalue weighted by Gasteiger charge is 2.40. The Bertz CT molecular complexity index is 413. The maximum atomic E-state index is 5.56. The molecular weight excluding hydrogens is 214 g/mol. The van der Waals surface area contributed by atoms with Gasteiger partial charge in [-0.05, 0) is 37.2 Å². The molecule has 0 radical (unpaired) electrons. The standard InChI is InChI=1S/C14H19NO2/c1-15-6-5-14(9-16-10-14)12-2-3-13-11(8-12)4-7-17-13/h2-3,8,15H,4-7,9-10H2,1H3. The van der Waals surface area contributed by atoms with Crippen LogP contribution in [0.4, 0.5) is 0 Å². The summed E-state index contributed by atoms with van der Waals surface area (Å²) in [5, 5.41) is 3.23. The van der Waals surface area contributed by atoms with Crippen molar-refractivity contribution in [1.29, 1.82) is 0 Å². The van der Waals surface area contributed by atoms with E-state index in [1.807, 2.05) is 7.05 Å². The molecule has 0 aliphatic carbocycles. The first-order valence-electron chi connectivity index (χ1n) is 6.33. The molecule has 2 aliphatic heterocycles. The summed E-state index contributed by atoms with van der Waals surface area (Å²) < 4.78 is 11.0. The highest BCUT2D eigenvalue weighted by atomic mass is 16.5. The predicted molar refractivity (Wildman–Crippen MR) is 66.7 cm³/mol. The molecule has 1 aromatic rings. The van der Waals surface area contributed by atoms with E-state index in [0.717, 1.165) is 45.0 Å². The molecule has 3 nitrogen and oxygen atoms in total. The third kappa shape index (κ3) is 1.83. The number of ether oxygens (including phenoxy) is 2. The zero-order chi connectivity index (χ0) is 11.7. The molecule has 0 aromatic heterocycles. The predicted octanol–water partition coefficient (Wildman–Crippen LogP) is 1.50. The van der Waals surface area contributed by atoms with E-state index >= 15 is 0 Å². The van der Waals surface area contributed by atoms with Crippen LogP contribution in [0.25, 0.3) is 0 Å². The number of rotatable bonds is 4. The van der Waals surface area contributed by atoms with Gasteiger partial charge in [0.15, 0.2) is 0 Å². The third-order valence-corrected chi connectivity index (χ3v) is 3.91. The van der Waals surface area contributed by atoms with Crippen molar-refractivity contribution in [2.75, 3.05) is 33.4 Å². The molecule has 92 valence electrons. The van der Waals surface area contributed by atoms with Gasteiger partial charge in [0.2, 0.25) is 0 Å². The largest absolute Gasteiger partial charge is 0.493 e. The smallest absolute Gasteiger partial charge is 0.122 e. The lowest BCUT2D eigenvalue weighted by atomic mass is 9.75. The van der Waals surface area contributed by atoms with Crippen LogP contribution in [0.3, 0.4) is 0 Å². The van der Waals surface area contributed by atoms with Crippen LogP contribution in [-0.4, -0.2) is 33.4 Å². The summed E-state index contributed by atoms with van der Waals surface area (Å²) >= 11 is 0. The Morgan fingerprint density at radius 3 is 2.94 bits per heavy atom. The lowest BCUT2D eigenvalue weighted by Gasteiger charge is -2.42. The summed E-state index contributed by atoms with van der Waals surface area (Å²) in [6.45, 7) is 3.58. The molecule has 0 unspecified atom stereocenters. The number of fused-ring (bicyclic) bond motifs is 1. The van der Waals surface area contributed by atoms with Gasteiger partial charge in [0, 0.05) is 11.8 Å². The minimum Gasteiger partial charge on any atom is -0.493 e. The molecule has 0 atom stereocenters. The minimum atomic E-state index is 0.237. The Balaban J connectivity index is 1.86. The molecule has 0 amide bonds. The first-order valence-corrected chi connectivity index (χ1v) is 6.33. The normalized spacial score (nSPS) is 20.5. The van der Waals surface area contributed by atoms with Crippen LogP contribution < -0.4 is 10.1 Å². The van der Waals surface area contributed by atoms with Crippen LogP contribution in [0.2, 0.25) is 0 Å². The van der Waals surface area contributed by atoms with Crippen molar-refractivity contribution >= 4 is 0 Å². The number of hydrogen-bond acceptors (Lipinski definition) is 3. The second-order valence-electron chi connectivity index (χ2n) is 5.05. The van der Waals surface area contributed by atoms with Crippen LogP contribution >= 0.6 is 0 Å². The second-order valence-corrected chi connectivity index (χ2v) is 5.05. The minimum absolute atomic E-state index is 0.237. The lowest BCUT2D eigenvalue weighted by molar-refractivity contribution is -0.0638. The molecular formula is C14H19NO2. The summed E-state index contributed by atoms with van der Waals surface area (Å²) in [5.41, 5.74) is 3.02. The molecule has 1 fully saturated rings. The van der Waals surface area contributed by atoms with E-state index in [1.54, 1.807) is 0 Å². The first kappa shape index (κ1) is 11.1. The highest BCUT2D eigenvalue weighted by Crippen LogP contribution is 2.38. The quantitative estimate of drug-likeness (QED) is 0.855. The molecule has 2 heterocycles. The van der Waals surface area contributed by atoms with Gasteiger partial charge in [-0.3, -0.25) is 0 Å². The van der Waals surface area contributed by atoms with E-state index in [2.05, 4.69) is 23.5 Å². The van der Waals surface area contributed by atoms with Crippen LogP contribution in [0, 0.1) is 0 Å². The first-order chi connectivity index (χ1) is 8.34. The van der Waals surface area contributed by atoms with Crippen molar-refractivity contribution in [2.45, 2.75) is 18.3 Å². The maximum Gasteiger partial charge on any atom is 0.122 e. The summed E-state index contributed by atoms with van der Waals surface area (Å²) in [5.74, 6) is 1.07. The Hall–Kier alpha value is -1.06. The molecule has 2 aliphatic rings. The van der Waals surface area contributed by atoms with Crippen molar-refractivity contribution in [1.82, 2.24) is 5.32 Å². The fourth-order valence-electron chi connectivity index (χ4n) is 2.68.